The number of hydrogen-bond donors (Lipinski definition) is 1. The highest BCUT2D eigenvalue weighted by atomic mass is 32.2. The maximum Gasteiger partial charge on any atom is 0.243 e. The van der Waals surface area contributed by atoms with Crippen molar-refractivity contribution in [3.05, 3.63) is 29.8 Å². The normalized spacial score (nSPS) is 20.6. The van der Waals surface area contributed by atoms with Gasteiger partial charge in [0, 0.05) is 19.6 Å². The lowest BCUT2D eigenvalue weighted by Gasteiger charge is -2.30. The fourth-order valence-electron chi connectivity index (χ4n) is 2.34. The molecule has 1 aliphatic rings. The number of sulfonamides is 1. The van der Waals surface area contributed by atoms with Crippen LogP contribution in [0.5, 0.6) is 0 Å². The molecule has 0 aromatic heterocycles. The van der Waals surface area contributed by atoms with E-state index in [1.54, 1.807) is 12.1 Å². The molecule has 1 aliphatic heterocycles. The Kier molecular flexibility index (Phi) is 5.75. The zero-order valence-corrected chi connectivity index (χ0v) is 13.5. The minimum absolute atomic E-state index is 0.0500. The van der Waals surface area contributed by atoms with Gasteiger partial charge in [-0.15, -0.1) is 0 Å². The zero-order valence-electron chi connectivity index (χ0n) is 12.7. The van der Waals surface area contributed by atoms with Gasteiger partial charge in [0.2, 0.25) is 10.0 Å². The van der Waals surface area contributed by atoms with Crippen LogP contribution < -0.4 is 5.32 Å². The molecule has 0 aliphatic carbocycles. The Balaban J connectivity index is 2.06. The monoisotopic (exact) mass is 312 g/mol. The summed E-state index contributed by atoms with van der Waals surface area (Å²) in [7, 11) is -3.40. The summed E-state index contributed by atoms with van der Waals surface area (Å²) in [5, 5.41) is 3.30. The largest absolute Gasteiger partial charge is 0.376 e. The van der Waals surface area contributed by atoms with E-state index < -0.39 is 10.0 Å². The molecule has 21 heavy (non-hydrogen) atoms. The minimum Gasteiger partial charge on any atom is -0.376 e. The van der Waals surface area contributed by atoms with Crippen LogP contribution in [0.3, 0.4) is 0 Å². The first-order chi connectivity index (χ1) is 10.0. The highest BCUT2D eigenvalue weighted by Crippen LogP contribution is 2.19. The first-order valence-corrected chi connectivity index (χ1v) is 8.89. The van der Waals surface area contributed by atoms with Gasteiger partial charge in [-0.05, 0) is 37.6 Å². The number of hydrogen-bond acceptors (Lipinski definition) is 4. The summed E-state index contributed by atoms with van der Waals surface area (Å²) < 4.78 is 32.0. The summed E-state index contributed by atoms with van der Waals surface area (Å²) in [6.07, 6.45) is 1.04. The van der Waals surface area contributed by atoms with Crippen LogP contribution in [-0.4, -0.2) is 45.1 Å². The summed E-state index contributed by atoms with van der Waals surface area (Å²) in [4.78, 5) is 0.357. The molecular formula is C15H24N2O3S. The van der Waals surface area contributed by atoms with E-state index in [1.807, 2.05) is 19.1 Å². The molecule has 1 aromatic carbocycles. The topological polar surface area (TPSA) is 58.6 Å². The van der Waals surface area contributed by atoms with Crippen LogP contribution in [0.25, 0.3) is 0 Å². The van der Waals surface area contributed by atoms with E-state index in [-0.39, 0.29) is 6.10 Å². The Bertz CT molecular complexity index is 543. The fraction of sp³-hybridized carbons (Fsp3) is 0.600. The van der Waals surface area contributed by atoms with E-state index in [0.29, 0.717) is 24.6 Å². The van der Waals surface area contributed by atoms with E-state index >= 15 is 0 Å². The van der Waals surface area contributed by atoms with Crippen molar-refractivity contribution in [2.45, 2.75) is 37.8 Å². The molecule has 1 unspecified atom stereocenters. The van der Waals surface area contributed by atoms with Gasteiger partial charge in [-0.1, -0.05) is 19.1 Å². The molecule has 1 heterocycles. The van der Waals surface area contributed by atoms with Crippen molar-refractivity contribution in [3.63, 3.8) is 0 Å². The van der Waals surface area contributed by atoms with Crippen molar-refractivity contribution in [3.8, 4) is 0 Å². The van der Waals surface area contributed by atoms with Gasteiger partial charge in [-0.3, -0.25) is 0 Å². The number of nitrogens with one attached hydrogen (secondary N) is 1. The molecule has 0 spiro atoms. The Labute approximate surface area is 127 Å². The van der Waals surface area contributed by atoms with E-state index in [0.717, 1.165) is 25.1 Å². The fourth-order valence-corrected chi connectivity index (χ4v) is 3.84. The van der Waals surface area contributed by atoms with Crippen LogP contribution >= 0.6 is 0 Å². The standard InChI is InChI=1S/C15H24N2O3S/c1-3-8-16-11-14-4-6-15(7-5-14)21(18,19)17-9-10-20-13(2)12-17/h4-7,13,16H,3,8-12H2,1-2H3. The quantitative estimate of drug-likeness (QED) is 0.811. The highest BCUT2D eigenvalue weighted by Gasteiger charge is 2.28. The minimum atomic E-state index is -3.40. The maximum absolute atomic E-state index is 12.6. The second-order valence-corrected chi connectivity index (χ2v) is 7.30. The van der Waals surface area contributed by atoms with Crippen molar-refractivity contribution in [1.29, 1.82) is 0 Å². The van der Waals surface area contributed by atoms with Crippen LogP contribution in [0.1, 0.15) is 25.8 Å². The lowest BCUT2D eigenvalue weighted by atomic mass is 10.2. The summed E-state index contributed by atoms with van der Waals surface area (Å²) >= 11 is 0. The maximum atomic E-state index is 12.6. The third-order valence-electron chi connectivity index (χ3n) is 3.52. The summed E-state index contributed by atoms with van der Waals surface area (Å²) in [5.74, 6) is 0. The Hall–Kier alpha value is -0.950. The van der Waals surface area contributed by atoms with E-state index in [2.05, 4.69) is 12.2 Å². The summed E-state index contributed by atoms with van der Waals surface area (Å²) in [6.45, 7) is 7.04. The Morgan fingerprint density at radius 1 is 1.33 bits per heavy atom. The van der Waals surface area contributed by atoms with Gasteiger partial charge in [-0.2, -0.15) is 4.31 Å². The van der Waals surface area contributed by atoms with Crippen LogP contribution in [0, 0.1) is 0 Å². The second kappa shape index (κ2) is 7.35. The Morgan fingerprint density at radius 3 is 2.67 bits per heavy atom. The lowest BCUT2D eigenvalue weighted by molar-refractivity contribution is 0.0102. The number of rotatable bonds is 6. The zero-order chi connectivity index (χ0) is 15.3. The van der Waals surface area contributed by atoms with Gasteiger partial charge >= 0.3 is 0 Å². The van der Waals surface area contributed by atoms with E-state index in [9.17, 15) is 8.42 Å². The van der Waals surface area contributed by atoms with Gasteiger partial charge in [0.15, 0.2) is 0 Å². The first-order valence-electron chi connectivity index (χ1n) is 7.45. The number of nitrogens with zero attached hydrogens (tertiary/aromatic N) is 1. The SMILES string of the molecule is CCCNCc1ccc(S(=O)(=O)N2CCOC(C)C2)cc1. The molecule has 1 aromatic rings. The molecular weight excluding hydrogens is 288 g/mol. The van der Waals surface area contributed by atoms with Gasteiger partial charge in [0.05, 0.1) is 17.6 Å². The van der Waals surface area contributed by atoms with Crippen LogP contribution in [0.4, 0.5) is 0 Å². The highest BCUT2D eigenvalue weighted by molar-refractivity contribution is 7.89. The predicted octanol–water partition coefficient (Wildman–Crippen LogP) is 1.60. The number of ether oxygens (including phenoxy) is 1. The summed E-state index contributed by atoms with van der Waals surface area (Å²) in [6, 6.07) is 7.13. The van der Waals surface area contributed by atoms with Crippen LogP contribution in [0.2, 0.25) is 0 Å². The molecule has 1 N–H and O–H groups in total. The molecule has 1 atom stereocenters. The third-order valence-corrected chi connectivity index (χ3v) is 5.40. The number of morpholine rings is 1. The smallest absolute Gasteiger partial charge is 0.243 e. The Morgan fingerprint density at radius 2 is 2.05 bits per heavy atom. The van der Waals surface area contributed by atoms with Crippen molar-refractivity contribution in [2.75, 3.05) is 26.2 Å². The molecule has 0 amide bonds. The van der Waals surface area contributed by atoms with Crippen molar-refractivity contribution < 1.29 is 13.2 Å². The summed E-state index contributed by atoms with van der Waals surface area (Å²) in [5.41, 5.74) is 1.10. The van der Waals surface area contributed by atoms with Crippen LogP contribution in [0.15, 0.2) is 29.2 Å². The van der Waals surface area contributed by atoms with Gasteiger partial charge in [0.25, 0.3) is 0 Å². The van der Waals surface area contributed by atoms with Crippen molar-refractivity contribution in [1.82, 2.24) is 9.62 Å². The molecule has 0 saturated carbocycles. The van der Waals surface area contributed by atoms with Crippen LogP contribution in [-0.2, 0) is 21.3 Å². The van der Waals surface area contributed by atoms with E-state index in [4.69, 9.17) is 4.74 Å². The predicted molar refractivity (Wildman–Crippen MR) is 82.6 cm³/mol. The molecule has 5 nitrogen and oxygen atoms in total. The lowest BCUT2D eigenvalue weighted by Crippen LogP contribution is -2.44. The molecule has 2 rings (SSSR count). The molecule has 1 saturated heterocycles. The van der Waals surface area contributed by atoms with E-state index in [1.165, 1.54) is 4.31 Å². The molecule has 6 heteroatoms. The average Bonchev–Trinajstić information content (AvgIpc) is 2.48. The van der Waals surface area contributed by atoms with Gasteiger partial charge < -0.3 is 10.1 Å². The second-order valence-electron chi connectivity index (χ2n) is 5.37. The van der Waals surface area contributed by atoms with Crippen molar-refractivity contribution in [2.24, 2.45) is 0 Å². The third kappa shape index (κ3) is 4.26. The van der Waals surface area contributed by atoms with Gasteiger partial charge in [-0.25, -0.2) is 8.42 Å². The average molecular weight is 312 g/mol. The first kappa shape index (κ1) is 16.4. The van der Waals surface area contributed by atoms with Crippen molar-refractivity contribution >= 4 is 10.0 Å². The van der Waals surface area contributed by atoms with Gasteiger partial charge in [0.1, 0.15) is 0 Å². The number of benzene rings is 1. The molecule has 0 radical (unpaired) electrons. The molecule has 1 fully saturated rings. The molecule has 118 valence electrons. The molecule has 0 bridgehead atoms.